The van der Waals surface area contributed by atoms with Crippen molar-refractivity contribution in [2.24, 2.45) is 0 Å². The first kappa shape index (κ1) is 13.0. The van der Waals surface area contributed by atoms with Crippen LogP contribution < -0.4 is 0 Å². The Balaban J connectivity index is 2.94. The van der Waals surface area contributed by atoms with E-state index in [1.807, 2.05) is 0 Å². The molecule has 0 saturated heterocycles. The molecule has 0 radical (unpaired) electrons. The molecule has 2 atom stereocenters. The van der Waals surface area contributed by atoms with Crippen LogP contribution >= 0.6 is 12.6 Å². The van der Waals surface area contributed by atoms with Crippen LogP contribution in [0, 0.1) is 0 Å². The predicted molar refractivity (Wildman–Crippen MR) is 60.4 cm³/mol. The highest BCUT2D eigenvalue weighted by atomic mass is 32.1. The molecule has 1 aromatic heterocycles. The number of methoxy groups -OCH3 is 1. The van der Waals surface area contributed by atoms with Crippen molar-refractivity contribution < 1.29 is 19.7 Å². The van der Waals surface area contributed by atoms with Crippen LogP contribution in [-0.4, -0.2) is 40.1 Å². The summed E-state index contributed by atoms with van der Waals surface area (Å²) in [4.78, 5) is 15.0. The van der Waals surface area contributed by atoms with Gasteiger partial charge >= 0.3 is 5.97 Å². The summed E-state index contributed by atoms with van der Waals surface area (Å²) in [5.41, 5.74) is 0.488. The van der Waals surface area contributed by atoms with Crippen molar-refractivity contribution in [1.82, 2.24) is 4.98 Å². The number of aliphatic hydroxyl groups excluding tert-OH is 2. The third-order valence-electron chi connectivity index (χ3n) is 2.07. The van der Waals surface area contributed by atoms with Gasteiger partial charge in [0.05, 0.1) is 13.2 Å². The standard InChI is InChI=1S/C10H13NO4S/c1-15-10(14)7-4-6(2-3-11-7)9(13)8(12)5-16/h2-4,8-9,12-13,16H,5H2,1H3. The molecule has 0 aliphatic heterocycles. The number of pyridine rings is 1. The molecule has 1 heterocycles. The molecule has 0 spiro atoms. The van der Waals surface area contributed by atoms with E-state index >= 15 is 0 Å². The molecular formula is C10H13NO4S. The molecule has 0 fully saturated rings. The Hall–Kier alpha value is -1.11. The quantitative estimate of drug-likeness (QED) is 0.520. The molecule has 2 unspecified atom stereocenters. The summed E-state index contributed by atoms with van der Waals surface area (Å²) in [5, 5.41) is 19.1. The maximum absolute atomic E-state index is 11.2. The number of nitrogens with zero attached hydrogens (tertiary/aromatic N) is 1. The first-order chi connectivity index (χ1) is 7.60. The third-order valence-corrected chi connectivity index (χ3v) is 2.45. The van der Waals surface area contributed by atoms with Crippen LogP contribution in [0.2, 0.25) is 0 Å². The number of carbonyl (C=O) groups is 1. The highest BCUT2D eigenvalue weighted by molar-refractivity contribution is 7.80. The molecule has 0 aliphatic carbocycles. The van der Waals surface area contributed by atoms with Gasteiger partial charge in [-0.05, 0) is 17.7 Å². The second kappa shape index (κ2) is 5.83. The Morgan fingerprint density at radius 1 is 1.62 bits per heavy atom. The Bertz CT molecular complexity index is 372. The maximum atomic E-state index is 11.2. The first-order valence-electron chi connectivity index (χ1n) is 4.61. The number of ether oxygens (including phenoxy) is 1. The highest BCUT2D eigenvalue weighted by Crippen LogP contribution is 2.18. The Morgan fingerprint density at radius 3 is 2.88 bits per heavy atom. The lowest BCUT2D eigenvalue weighted by molar-refractivity contribution is 0.0335. The van der Waals surface area contributed by atoms with Gasteiger partial charge < -0.3 is 14.9 Å². The van der Waals surface area contributed by atoms with Crippen molar-refractivity contribution >= 4 is 18.6 Å². The molecule has 1 rings (SSSR count). The minimum atomic E-state index is -1.09. The van der Waals surface area contributed by atoms with E-state index in [4.69, 9.17) is 0 Å². The number of rotatable bonds is 4. The van der Waals surface area contributed by atoms with E-state index in [1.54, 1.807) is 0 Å². The highest BCUT2D eigenvalue weighted by Gasteiger charge is 2.18. The number of hydrogen-bond donors (Lipinski definition) is 3. The number of carbonyl (C=O) groups excluding carboxylic acids is 1. The van der Waals surface area contributed by atoms with E-state index in [-0.39, 0.29) is 11.4 Å². The average Bonchev–Trinajstić information content (AvgIpc) is 2.36. The van der Waals surface area contributed by atoms with Crippen LogP contribution in [-0.2, 0) is 4.74 Å². The number of aromatic nitrogens is 1. The SMILES string of the molecule is COC(=O)c1cc(C(O)C(O)CS)ccn1. The maximum Gasteiger partial charge on any atom is 0.356 e. The second-order valence-electron chi connectivity index (χ2n) is 3.16. The summed E-state index contributed by atoms with van der Waals surface area (Å²) >= 11 is 3.87. The van der Waals surface area contributed by atoms with Gasteiger partial charge in [0.15, 0.2) is 0 Å². The van der Waals surface area contributed by atoms with E-state index in [0.717, 1.165) is 0 Å². The summed E-state index contributed by atoms with van der Waals surface area (Å²) in [6.45, 7) is 0. The fourth-order valence-corrected chi connectivity index (χ4v) is 1.37. The molecule has 16 heavy (non-hydrogen) atoms. The van der Waals surface area contributed by atoms with Crippen molar-refractivity contribution in [3.63, 3.8) is 0 Å². The Morgan fingerprint density at radius 2 is 2.31 bits per heavy atom. The van der Waals surface area contributed by atoms with E-state index in [2.05, 4.69) is 22.3 Å². The van der Waals surface area contributed by atoms with E-state index in [1.165, 1.54) is 25.4 Å². The monoisotopic (exact) mass is 243 g/mol. The molecule has 5 nitrogen and oxygen atoms in total. The van der Waals surface area contributed by atoms with Gasteiger partial charge in [-0.25, -0.2) is 9.78 Å². The fraction of sp³-hybridized carbons (Fsp3) is 0.400. The smallest absolute Gasteiger partial charge is 0.356 e. The molecule has 0 aliphatic rings. The summed E-state index contributed by atoms with van der Waals surface area (Å²) in [6, 6.07) is 2.90. The van der Waals surface area contributed by atoms with Crippen molar-refractivity contribution in [1.29, 1.82) is 0 Å². The summed E-state index contributed by atoms with van der Waals surface area (Å²) < 4.78 is 4.50. The number of thiol groups is 1. The molecule has 0 saturated carbocycles. The van der Waals surface area contributed by atoms with Gasteiger partial charge in [-0.15, -0.1) is 0 Å². The zero-order chi connectivity index (χ0) is 12.1. The van der Waals surface area contributed by atoms with E-state index in [0.29, 0.717) is 5.56 Å². The zero-order valence-corrected chi connectivity index (χ0v) is 9.59. The van der Waals surface area contributed by atoms with Gasteiger partial charge in [0.1, 0.15) is 11.8 Å². The van der Waals surface area contributed by atoms with Gasteiger partial charge in [0, 0.05) is 11.9 Å². The minimum Gasteiger partial charge on any atom is -0.464 e. The van der Waals surface area contributed by atoms with Crippen molar-refractivity contribution in [3.8, 4) is 0 Å². The second-order valence-corrected chi connectivity index (χ2v) is 3.53. The van der Waals surface area contributed by atoms with Crippen LogP contribution in [0.25, 0.3) is 0 Å². The zero-order valence-electron chi connectivity index (χ0n) is 8.70. The van der Waals surface area contributed by atoms with Gasteiger partial charge in [0.2, 0.25) is 0 Å². The first-order valence-corrected chi connectivity index (χ1v) is 5.24. The number of esters is 1. The Labute approximate surface area is 98.5 Å². The molecule has 0 bridgehead atoms. The lowest BCUT2D eigenvalue weighted by Gasteiger charge is -2.16. The molecule has 2 N–H and O–H groups in total. The molecule has 0 aromatic carbocycles. The summed E-state index contributed by atoms with van der Waals surface area (Å²) in [7, 11) is 1.25. The van der Waals surface area contributed by atoms with Crippen molar-refractivity contribution in [3.05, 3.63) is 29.6 Å². The molecule has 88 valence electrons. The lowest BCUT2D eigenvalue weighted by atomic mass is 10.1. The number of aliphatic hydroxyl groups is 2. The van der Waals surface area contributed by atoms with Gasteiger partial charge in [0.25, 0.3) is 0 Å². The van der Waals surface area contributed by atoms with Crippen LogP contribution in [0.3, 0.4) is 0 Å². The summed E-state index contributed by atoms with van der Waals surface area (Å²) in [5.74, 6) is -0.466. The molecule has 6 heteroatoms. The third kappa shape index (κ3) is 2.94. The average molecular weight is 243 g/mol. The van der Waals surface area contributed by atoms with Crippen molar-refractivity contribution in [2.75, 3.05) is 12.9 Å². The Kier molecular flexibility index (Phi) is 4.72. The van der Waals surface area contributed by atoms with Crippen LogP contribution in [0.4, 0.5) is 0 Å². The van der Waals surface area contributed by atoms with E-state index < -0.39 is 18.2 Å². The topological polar surface area (TPSA) is 79.7 Å². The lowest BCUT2D eigenvalue weighted by Crippen LogP contribution is -2.20. The fourth-order valence-electron chi connectivity index (χ4n) is 1.17. The van der Waals surface area contributed by atoms with Crippen LogP contribution in [0.1, 0.15) is 22.2 Å². The predicted octanol–water partition coefficient (Wildman–Crippen LogP) is 0.192. The van der Waals surface area contributed by atoms with Crippen LogP contribution in [0.15, 0.2) is 18.3 Å². The normalized spacial score (nSPS) is 14.2. The van der Waals surface area contributed by atoms with E-state index in [9.17, 15) is 15.0 Å². The molecular weight excluding hydrogens is 230 g/mol. The van der Waals surface area contributed by atoms with Gasteiger partial charge in [-0.1, -0.05) is 0 Å². The molecule has 0 amide bonds. The van der Waals surface area contributed by atoms with Crippen LogP contribution in [0.5, 0.6) is 0 Å². The minimum absolute atomic E-state index is 0.0883. The number of hydrogen-bond acceptors (Lipinski definition) is 6. The largest absolute Gasteiger partial charge is 0.464 e. The van der Waals surface area contributed by atoms with Gasteiger partial charge in [-0.3, -0.25) is 0 Å². The molecule has 1 aromatic rings. The van der Waals surface area contributed by atoms with Gasteiger partial charge in [-0.2, -0.15) is 12.6 Å². The van der Waals surface area contributed by atoms with Crippen molar-refractivity contribution in [2.45, 2.75) is 12.2 Å². The summed E-state index contributed by atoms with van der Waals surface area (Å²) in [6.07, 6.45) is -0.712.